The zero-order valence-corrected chi connectivity index (χ0v) is 17.3. The molecule has 0 heterocycles. The molecule has 0 saturated heterocycles. The third-order valence-corrected chi connectivity index (χ3v) is 4.21. The number of carbonyl (C=O) groups excluding carboxylic acids is 1. The molecule has 0 atom stereocenters. The summed E-state index contributed by atoms with van der Waals surface area (Å²) in [4.78, 5) is 22.6. The van der Waals surface area contributed by atoms with Gasteiger partial charge in [0.15, 0.2) is 11.5 Å². The molecule has 0 aliphatic carbocycles. The molecule has 2 aromatic carbocycles. The van der Waals surface area contributed by atoms with E-state index in [0.29, 0.717) is 40.3 Å². The van der Waals surface area contributed by atoms with E-state index < -0.39 is 10.8 Å². The monoisotopic (exact) mass is 461 g/mol. The van der Waals surface area contributed by atoms with Crippen LogP contribution in [0.4, 0.5) is 5.69 Å². The fraction of sp³-hybridized carbons (Fsp3) is 0.200. The Morgan fingerprint density at radius 2 is 2.10 bits per heavy atom. The summed E-state index contributed by atoms with van der Waals surface area (Å²) in [5.74, 6) is 0.603. The van der Waals surface area contributed by atoms with Gasteiger partial charge in [-0.1, -0.05) is 30.9 Å². The van der Waals surface area contributed by atoms with Crippen LogP contribution in [-0.2, 0) is 11.2 Å². The van der Waals surface area contributed by atoms with Crippen molar-refractivity contribution in [2.24, 2.45) is 5.10 Å². The first kappa shape index (κ1) is 22.1. The third-order valence-electron chi connectivity index (χ3n) is 3.62. The second kappa shape index (κ2) is 11.0. The van der Waals surface area contributed by atoms with Gasteiger partial charge in [-0.05, 0) is 40.5 Å². The molecule has 0 aliphatic heterocycles. The maximum atomic E-state index is 12.1. The van der Waals surface area contributed by atoms with E-state index >= 15 is 0 Å². The normalized spacial score (nSPS) is 10.6. The highest BCUT2D eigenvalue weighted by molar-refractivity contribution is 9.10. The highest BCUT2D eigenvalue weighted by Gasteiger charge is 2.15. The highest BCUT2D eigenvalue weighted by Crippen LogP contribution is 2.36. The molecule has 152 valence electrons. The second-order valence-corrected chi connectivity index (χ2v) is 6.57. The predicted octanol–water partition coefficient (Wildman–Crippen LogP) is 4.01. The zero-order valence-electron chi connectivity index (χ0n) is 15.8. The molecule has 8 nitrogen and oxygen atoms in total. The highest BCUT2D eigenvalue weighted by atomic mass is 79.9. The smallest absolute Gasteiger partial charge is 0.273 e. The van der Waals surface area contributed by atoms with E-state index in [2.05, 4.69) is 33.0 Å². The number of nitrogens with one attached hydrogen (secondary N) is 1. The molecule has 9 heteroatoms. The molecule has 0 bridgehead atoms. The lowest BCUT2D eigenvalue weighted by atomic mass is 10.1. The number of hydrazone groups is 1. The minimum absolute atomic E-state index is 0.105. The van der Waals surface area contributed by atoms with Crippen molar-refractivity contribution in [1.29, 1.82) is 0 Å². The first-order chi connectivity index (χ1) is 14.0. The van der Waals surface area contributed by atoms with Crippen LogP contribution in [-0.4, -0.2) is 30.3 Å². The first-order valence-electron chi connectivity index (χ1n) is 8.70. The molecule has 0 aromatic heterocycles. The topological polar surface area (TPSA) is 103 Å². The van der Waals surface area contributed by atoms with Crippen LogP contribution >= 0.6 is 15.9 Å². The van der Waals surface area contributed by atoms with Crippen LogP contribution in [0.5, 0.6) is 11.5 Å². The van der Waals surface area contributed by atoms with Crippen molar-refractivity contribution < 1.29 is 19.2 Å². The number of hydrogen-bond acceptors (Lipinski definition) is 6. The van der Waals surface area contributed by atoms with Crippen LogP contribution in [0.1, 0.15) is 18.1 Å². The Morgan fingerprint density at radius 3 is 2.79 bits per heavy atom. The first-order valence-corrected chi connectivity index (χ1v) is 9.49. The van der Waals surface area contributed by atoms with Gasteiger partial charge >= 0.3 is 0 Å². The number of hydrogen-bond donors (Lipinski definition) is 1. The van der Waals surface area contributed by atoms with Crippen molar-refractivity contribution in [3.8, 4) is 11.5 Å². The molecule has 1 N–H and O–H groups in total. The quantitative estimate of drug-likeness (QED) is 0.249. The number of para-hydroxylation sites is 1. The Bertz CT molecular complexity index is 930. The van der Waals surface area contributed by atoms with Crippen molar-refractivity contribution in [2.45, 2.75) is 13.3 Å². The van der Waals surface area contributed by atoms with Crippen molar-refractivity contribution in [3.05, 3.63) is 74.8 Å². The molecular weight excluding hydrogens is 442 g/mol. The number of nitro benzene ring substituents is 1. The average Bonchev–Trinajstić information content (AvgIpc) is 2.68. The number of halogens is 1. The summed E-state index contributed by atoms with van der Waals surface area (Å²) in [5.41, 5.74) is 3.25. The third kappa shape index (κ3) is 6.42. The summed E-state index contributed by atoms with van der Waals surface area (Å²) in [6.07, 6.45) is 2.92. The maximum absolute atomic E-state index is 12.1. The Kier molecular flexibility index (Phi) is 8.35. The molecule has 0 saturated carbocycles. The Balaban J connectivity index is 2.08. The molecule has 2 rings (SSSR count). The molecule has 1 amide bonds. The molecule has 2 aromatic rings. The van der Waals surface area contributed by atoms with E-state index in [9.17, 15) is 14.9 Å². The lowest BCUT2D eigenvalue weighted by Crippen LogP contribution is -2.20. The van der Waals surface area contributed by atoms with Gasteiger partial charge in [0.05, 0.1) is 28.6 Å². The molecule has 0 unspecified atom stereocenters. The van der Waals surface area contributed by atoms with Crippen molar-refractivity contribution in [2.75, 3.05) is 13.2 Å². The lowest BCUT2D eigenvalue weighted by molar-refractivity contribution is -0.385. The van der Waals surface area contributed by atoms with Gasteiger partial charge in [0, 0.05) is 11.6 Å². The van der Waals surface area contributed by atoms with E-state index in [1.165, 1.54) is 18.3 Å². The number of nitrogens with zero attached hydrogens (tertiary/aromatic N) is 2. The van der Waals surface area contributed by atoms with Gasteiger partial charge < -0.3 is 9.47 Å². The van der Waals surface area contributed by atoms with Crippen molar-refractivity contribution in [1.82, 2.24) is 5.43 Å². The minimum Gasteiger partial charge on any atom is -0.490 e. The summed E-state index contributed by atoms with van der Waals surface area (Å²) in [7, 11) is 0. The van der Waals surface area contributed by atoms with Gasteiger partial charge in [-0.2, -0.15) is 5.10 Å². The predicted molar refractivity (Wildman–Crippen MR) is 114 cm³/mol. The zero-order chi connectivity index (χ0) is 21.2. The van der Waals surface area contributed by atoms with Gasteiger partial charge in [-0.25, -0.2) is 5.43 Å². The number of carbonyl (C=O) groups is 1. The van der Waals surface area contributed by atoms with Crippen molar-refractivity contribution in [3.63, 3.8) is 0 Å². The van der Waals surface area contributed by atoms with Crippen molar-refractivity contribution >= 4 is 33.7 Å². The van der Waals surface area contributed by atoms with Gasteiger partial charge in [-0.15, -0.1) is 0 Å². The standard InChI is InChI=1S/C20H20BrN3O5/c1-3-9-29-20-16(21)10-14(11-18(20)28-4-2)13-22-23-19(25)12-15-7-5-6-8-17(15)24(26)27/h3,5-8,10-11,13H,1,4,9,12H2,2H3,(H,23,25). The van der Waals surface area contributed by atoms with Crippen LogP contribution in [0.3, 0.4) is 0 Å². The summed E-state index contributed by atoms with van der Waals surface area (Å²) in [6.45, 7) is 6.25. The van der Waals surface area contributed by atoms with E-state index in [0.717, 1.165) is 0 Å². The molecule has 0 spiro atoms. The number of nitro groups is 1. The SMILES string of the molecule is C=CCOc1c(Br)cc(C=NNC(=O)Cc2ccccc2[N+](=O)[O-])cc1OCC. The van der Waals surface area contributed by atoms with Gasteiger partial charge in [0.25, 0.3) is 5.69 Å². The van der Waals surface area contributed by atoms with Crippen LogP contribution in [0, 0.1) is 10.1 Å². The molecule has 29 heavy (non-hydrogen) atoms. The Morgan fingerprint density at radius 1 is 1.34 bits per heavy atom. The van der Waals surface area contributed by atoms with Gasteiger partial charge in [-0.3, -0.25) is 14.9 Å². The number of rotatable bonds is 10. The van der Waals surface area contributed by atoms with E-state index in [4.69, 9.17) is 9.47 Å². The van der Waals surface area contributed by atoms with Crippen LogP contribution < -0.4 is 14.9 Å². The molecule has 0 radical (unpaired) electrons. The summed E-state index contributed by atoms with van der Waals surface area (Å²) in [6, 6.07) is 9.57. The number of benzene rings is 2. The minimum atomic E-state index is -0.519. The summed E-state index contributed by atoms with van der Waals surface area (Å²) in [5, 5.41) is 14.9. The number of amides is 1. The average molecular weight is 462 g/mol. The van der Waals surface area contributed by atoms with Gasteiger partial charge in [0.2, 0.25) is 5.91 Å². The largest absolute Gasteiger partial charge is 0.490 e. The van der Waals surface area contributed by atoms with E-state index in [1.807, 2.05) is 6.92 Å². The van der Waals surface area contributed by atoms with E-state index in [-0.39, 0.29) is 12.1 Å². The Hall–Kier alpha value is -3.20. The van der Waals surface area contributed by atoms with Crippen LogP contribution in [0.2, 0.25) is 0 Å². The summed E-state index contributed by atoms with van der Waals surface area (Å²) >= 11 is 3.43. The molecule has 0 fully saturated rings. The van der Waals surface area contributed by atoms with Crippen LogP contribution in [0.15, 0.2) is 58.6 Å². The lowest BCUT2D eigenvalue weighted by Gasteiger charge is -2.13. The van der Waals surface area contributed by atoms with E-state index in [1.54, 1.807) is 30.3 Å². The Labute approximate surface area is 176 Å². The molecular formula is C20H20BrN3O5. The summed E-state index contributed by atoms with van der Waals surface area (Å²) < 4.78 is 11.9. The number of ether oxygens (including phenoxy) is 2. The van der Waals surface area contributed by atoms with Crippen LogP contribution in [0.25, 0.3) is 0 Å². The molecule has 0 aliphatic rings. The van der Waals surface area contributed by atoms with Gasteiger partial charge in [0.1, 0.15) is 6.61 Å². The second-order valence-electron chi connectivity index (χ2n) is 5.72. The fourth-order valence-corrected chi connectivity index (χ4v) is 3.01. The fourth-order valence-electron chi connectivity index (χ4n) is 2.44. The maximum Gasteiger partial charge on any atom is 0.273 e.